The van der Waals surface area contributed by atoms with Crippen LogP contribution < -0.4 is 5.32 Å². The maximum Gasteiger partial charge on any atom is 0.416 e. The second kappa shape index (κ2) is 7.04. The van der Waals surface area contributed by atoms with E-state index in [1.54, 1.807) is 12.1 Å². The number of alkyl halides is 3. The number of halogens is 3. The average Bonchev–Trinajstić information content (AvgIpc) is 2.61. The van der Waals surface area contributed by atoms with Gasteiger partial charge in [-0.25, -0.2) is 0 Å². The Hall–Kier alpha value is -3.08. The minimum Gasteiger partial charge on any atom is -0.326 e. The van der Waals surface area contributed by atoms with Gasteiger partial charge in [0.2, 0.25) is 5.91 Å². The lowest BCUT2D eigenvalue weighted by atomic mass is 9.98. The molecule has 0 aliphatic carbocycles. The molecule has 1 amide bonds. The molecule has 0 aliphatic rings. The zero-order chi connectivity index (χ0) is 18.7. The molecule has 5 heteroatoms. The molecule has 0 atom stereocenters. The van der Waals surface area contributed by atoms with Crippen molar-refractivity contribution in [1.82, 2.24) is 0 Å². The summed E-state index contributed by atoms with van der Waals surface area (Å²) in [6.45, 7) is 1.26. The summed E-state index contributed by atoms with van der Waals surface area (Å²) in [5, 5.41) is 2.43. The number of hydrogen-bond acceptors (Lipinski definition) is 1. The number of hydrogen-bond donors (Lipinski definition) is 1. The Kier molecular flexibility index (Phi) is 4.80. The van der Waals surface area contributed by atoms with E-state index in [2.05, 4.69) is 5.32 Å². The Morgan fingerprint density at radius 1 is 0.769 bits per heavy atom. The van der Waals surface area contributed by atoms with Gasteiger partial charge in [0.05, 0.1) is 5.56 Å². The molecule has 2 nitrogen and oxygen atoms in total. The van der Waals surface area contributed by atoms with E-state index >= 15 is 0 Å². The van der Waals surface area contributed by atoms with Crippen molar-refractivity contribution in [3.8, 4) is 22.3 Å². The summed E-state index contributed by atoms with van der Waals surface area (Å²) >= 11 is 0. The predicted molar refractivity (Wildman–Crippen MR) is 96.6 cm³/mol. The zero-order valence-electron chi connectivity index (χ0n) is 14.0. The van der Waals surface area contributed by atoms with Gasteiger partial charge >= 0.3 is 6.18 Å². The lowest BCUT2D eigenvalue weighted by Crippen LogP contribution is -2.10. The fourth-order valence-electron chi connectivity index (χ4n) is 2.72. The Balaban J connectivity index is 2.01. The van der Waals surface area contributed by atoms with Crippen LogP contribution in [0.4, 0.5) is 18.9 Å². The third-order valence-electron chi connectivity index (χ3n) is 3.91. The number of anilines is 1. The molecule has 1 N–H and O–H groups in total. The third kappa shape index (κ3) is 4.11. The summed E-state index contributed by atoms with van der Waals surface area (Å²) < 4.78 is 39.5. The van der Waals surface area contributed by atoms with Crippen LogP contribution in [-0.2, 0) is 11.0 Å². The first-order chi connectivity index (χ1) is 12.3. The SMILES string of the molecule is CC(=O)Nc1cc(-c2ccc(-c3ccccc3)cc2)cc(C(F)(F)F)c1. The van der Waals surface area contributed by atoms with E-state index in [4.69, 9.17) is 0 Å². The number of amides is 1. The minimum atomic E-state index is -4.49. The van der Waals surface area contributed by atoms with Gasteiger partial charge in [-0.2, -0.15) is 13.2 Å². The van der Waals surface area contributed by atoms with Gasteiger partial charge in [-0.15, -0.1) is 0 Å². The van der Waals surface area contributed by atoms with Crippen LogP contribution in [0, 0.1) is 0 Å². The highest BCUT2D eigenvalue weighted by molar-refractivity contribution is 5.90. The van der Waals surface area contributed by atoms with Crippen molar-refractivity contribution < 1.29 is 18.0 Å². The van der Waals surface area contributed by atoms with Crippen LogP contribution in [0.3, 0.4) is 0 Å². The fourth-order valence-corrected chi connectivity index (χ4v) is 2.72. The van der Waals surface area contributed by atoms with Crippen molar-refractivity contribution in [2.75, 3.05) is 5.32 Å². The monoisotopic (exact) mass is 355 g/mol. The summed E-state index contributed by atoms with van der Waals surface area (Å²) in [6.07, 6.45) is -4.49. The topological polar surface area (TPSA) is 29.1 Å². The molecule has 3 aromatic rings. The van der Waals surface area contributed by atoms with Crippen LogP contribution in [0.5, 0.6) is 0 Å². The molecule has 0 aromatic heterocycles. The molecule has 0 unspecified atom stereocenters. The predicted octanol–water partition coefficient (Wildman–Crippen LogP) is 6.00. The van der Waals surface area contributed by atoms with Gasteiger partial charge in [0.1, 0.15) is 0 Å². The van der Waals surface area contributed by atoms with E-state index in [-0.39, 0.29) is 5.69 Å². The molecule has 0 heterocycles. The van der Waals surface area contributed by atoms with Crippen molar-refractivity contribution in [2.24, 2.45) is 0 Å². The van der Waals surface area contributed by atoms with E-state index in [9.17, 15) is 18.0 Å². The summed E-state index contributed by atoms with van der Waals surface area (Å²) in [5.74, 6) is -0.422. The summed E-state index contributed by atoms with van der Waals surface area (Å²) in [5.41, 5.74) is 2.36. The minimum absolute atomic E-state index is 0.120. The van der Waals surface area contributed by atoms with Crippen molar-refractivity contribution in [2.45, 2.75) is 13.1 Å². The molecule has 0 spiro atoms. The van der Waals surface area contributed by atoms with Crippen LogP contribution >= 0.6 is 0 Å². The van der Waals surface area contributed by atoms with E-state index in [0.29, 0.717) is 11.1 Å². The Morgan fingerprint density at radius 2 is 1.31 bits per heavy atom. The van der Waals surface area contributed by atoms with Gasteiger partial charge in [-0.1, -0.05) is 54.6 Å². The molecule has 3 rings (SSSR count). The summed E-state index contributed by atoms with van der Waals surface area (Å²) in [6, 6.07) is 20.5. The average molecular weight is 355 g/mol. The van der Waals surface area contributed by atoms with E-state index in [0.717, 1.165) is 23.3 Å². The summed E-state index contributed by atoms with van der Waals surface area (Å²) in [4.78, 5) is 11.2. The van der Waals surface area contributed by atoms with E-state index < -0.39 is 17.6 Å². The molecule has 132 valence electrons. The number of carbonyl (C=O) groups excluding carboxylic acids is 1. The van der Waals surface area contributed by atoms with Crippen molar-refractivity contribution >= 4 is 11.6 Å². The second-order valence-electron chi connectivity index (χ2n) is 5.92. The molecular weight excluding hydrogens is 339 g/mol. The van der Waals surface area contributed by atoms with Gasteiger partial charge in [0.25, 0.3) is 0 Å². The van der Waals surface area contributed by atoms with E-state index in [1.165, 1.54) is 13.0 Å². The standard InChI is InChI=1S/C21H16F3NO/c1-14(26)25-20-12-18(11-19(13-20)21(22,23)24)17-9-7-16(8-10-17)15-5-3-2-4-6-15/h2-13H,1H3,(H,25,26). The van der Waals surface area contributed by atoms with Crippen LogP contribution in [0.15, 0.2) is 72.8 Å². The zero-order valence-corrected chi connectivity index (χ0v) is 14.0. The Labute approximate surface area is 149 Å². The van der Waals surface area contributed by atoms with Crippen LogP contribution in [0.2, 0.25) is 0 Å². The molecule has 0 radical (unpaired) electrons. The normalized spacial score (nSPS) is 11.2. The molecule has 3 aromatic carbocycles. The Bertz CT molecular complexity index is 916. The van der Waals surface area contributed by atoms with Gasteiger partial charge in [-0.05, 0) is 40.5 Å². The molecule has 26 heavy (non-hydrogen) atoms. The molecule has 0 saturated carbocycles. The van der Waals surface area contributed by atoms with Crippen LogP contribution in [-0.4, -0.2) is 5.91 Å². The number of rotatable bonds is 3. The van der Waals surface area contributed by atoms with Crippen molar-refractivity contribution in [3.05, 3.63) is 78.4 Å². The Morgan fingerprint density at radius 3 is 1.85 bits per heavy atom. The largest absolute Gasteiger partial charge is 0.416 e. The van der Waals surface area contributed by atoms with Crippen LogP contribution in [0.1, 0.15) is 12.5 Å². The molecule has 0 saturated heterocycles. The third-order valence-corrected chi connectivity index (χ3v) is 3.91. The highest BCUT2D eigenvalue weighted by Crippen LogP contribution is 2.35. The first-order valence-electron chi connectivity index (χ1n) is 7.99. The first-order valence-corrected chi connectivity index (χ1v) is 7.99. The molecule has 0 bridgehead atoms. The lowest BCUT2D eigenvalue weighted by Gasteiger charge is -2.13. The quantitative estimate of drug-likeness (QED) is 0.613. The maximum atomic E-state index is 13.2. The van der Waals surface area contributed by atoms with E-state index in [1.807, 2.05) is 42.5 Å². The lowest BCUT2D eigenvalue weighted by molar-refractivity contribution is -0.137. The first kappa shape index (κ1) is 17.7. The smallest absolute Gasteiger partial charge is 0.326 e. The van der Waals surface area contributed by atoms with Gasteiger partial charge in [-0.3, -0.25) is 4.79 Å². The van der Waals surface area contributed by atoms with Crippen molar-refractivity contribution in [3.63, 3.8) is 0 Å². The van der Waals surface area contributed by atoms with Crippen LogP contribution in [0.25, 0.3) is 22.3 Å². The number of nitrogens with one attached hydrogen (secondary N) is 1. The molecule has 0 fully saturated rings. The van der Waals surface area contributed by atoms with Crippen molar-refractivity contribution in [1.29, 1.82) is 0 Å². The number of benzene rings is 3. The van der Waals surface area contributed by atoms with Gasteiger partial charge in [0, 0.05) is 12.6 Å². The highest BCUT2D eigenvalue weighted by atomic mass is 19.4. The number of carbonyl (C=O) groups is 1. The maximum absolute atomic E-state index is 13.2. The molecule has 0 aliphatic heterocycles. The fraction of sp³-hybridized carbons (Fsp3) is 0.0952. The second-order valence-corrected chi connectivity index (χ2v) is 5.92. The summed E-state index contributed by atoms with van der Waals surface area (Å²) in [7, 11) is 0. The highest BCUT2D eigenvalue weighted by Gasteiger charge is 2.31. The van der Waals surface area contributed by atoms with Gasteiger partial charge in [0.15, 0.2) is 0 Å². The molecular formula is C21H16F3NO. The van der Waals surface area contributed by atoms with Gasteiger partial charge < -0.3 is 5.32 Å².